The largest absolute Gasteiger partial charge is 0.454 e. The molecule has 6 atom stereocenters. The van der Waals surface area contributed by atoms with Crippen molar-refractivity contribution in [1.29, 1.82) is 0 Å². The van der Waals surface area contributed by atoms with Gasteiger partial charge in [0.2, 0.25) is 6.79 Å². The molecule has 6 nitrogen and oxygen atoms in total. The van der Waals surface area contributed by atoms with Crippen LogP contribution in [0.2, 0.25) is 0 Å². The highest BCUT2D eigenvalue weighted by molar-refractivity contribution is 5.57. The Morgan fingerprint density at radius 1 is 1.26 bits per heavy atom. The van der Waals surface area contributed by atoms with Crippen molar-refractivity contribution in [3.8, 4) is 11.5 Å². The monoisotopic (exact) mass is 317 g/mol. The molecule has 0 amide bonds. The first-order valence-electron chi connectivity index (χ1n) is 7.90. The Labute approximate surface area is 133 Å². The van der Waals surface area contributed by atoms with Gasteiger partial charge in [-0.1, -0.05) is 12.2 Å². The lowest BCUT2D eigenvalue weighted by Crippen LogP contribution is -2.60. The average molecular weight is 317 g/mol. The summed E-state index contributed by atoms with van der Waals surface area (Å²) in [6.07, 6.45) is 2.28. The third kappa shape index (κ3) is 1.57. The van der Waals surface area contributed by atoms with Crippen molar-refractivity contribution in [1.82, 2.24) is 4.90 Å². The van der Waals surface area contributed by atoms with Crippen LogP contribution in [0.1, 0.15) is 11.1 Å². The van der Waals surface area contributed by atoms with E-state index in [1.54, 1.807) is 7.11 Å². The van der Waals surface area contributed by atoms with Gasteiger partial charge in [-0.2, -0.15) is 0 Å². The molecule has 0 saturated carbocycles. The standard InChI is InChI=1S/C17H19NO5/c1-21-11-2-3-17-10-5-13-12(22-8-23-13)4-9(10)6-18(7-14(17)19)16(17)15(11)20/h2-5,11,14-16,19-20H,6-8H2,1H3/t11-,14-,15+,16+,17-/m1/s1. The lowest BCUT2D eigenvalue weighted by atomic mass is 9.64. The normalized spacial score (nSPS) is 42.5. The van der Waals surface area contributed by atoms with Crippen molar-refractivity contribution < 1.29 is 24.4 Å². The number of methoxy groups -OCH3 is 1. The molecule has 2 N–H and O–H groups in total. The van der Waals surface area contributed by atoms with Crippen LogP contribution >= 0.6 is 0 Å². The van der Waals surface area contributed by atoms with E-state index in [-0.39, 0.29) is 18.9 Å². The Morgan fingerprint density at radius 2 is 2.04 bits per heavy atom. The average Bonchev–Trinajstić information content (AvgIpc) is 3.08. The molecule has 5 rings (SSSR count). The Kier molecular flexibility index (Phi) is 2.69. The molecular formula is C17H19NO5. The maximum absolute atomic E-state index is 10.8. The maximum Gasteiger partial charge on any atom is 0.231 e. The SMILES string of the molecule is CO[C@@H]1C=C[C@@]23c4cc5c(cc4CN(C[C@H]2O)[C@H]3[C@H]1O)OCO5. The van der Waals surface area contributed by atoms with Crippen molar-refractivity contribution in [3.05, 3.63) is 35.4 Å². The molecule has 0 aromatic heterocycles. The van der Waals surface area contributed by atoms with Gasteiger partial charge >= 0.3 is 0 Å². The smallest absolute Gasteiger partial charge is 0.231 e. The lowest BCUT2D eigenvalue weighted by Gasteiger charge is -2.48. The van der Waals surface area contributed by atoms with Crippen LogP contribution in [0.25, 0.3) is 0 Å². The van der Waals surface area contributed by atoms with Gasteiger partial charge in [-0.05, 0) is 23.3 Å². The third-order valence-electron chi connectivity index (χ3n) is 5.77. The van der Waals surface area contributed by atoms with Crippen LogP contribution in [-0.2, 0) is 16.7 Å². The van der Waals surface area contributed by atoms with E-state index in [0.29, 0.717) is 18.8 Å². The minimum Gasteiger partial charge on any atom is -0.454 e. The quantitative estimate of drug-likeness (QED) is 0.719. The van der Waals surface area contributed by atoms with E-state index in [0.717, 1.165) is 16.9 Å². The number of benzene rings is 1. The molecule has 1 saturated heterocycles. The molecule has 1 aromatic rings. The van der Waals surface area contributed by atoms with Gasteiger partial charge in [0.25, 0.3) is 0 Å². The summed E-state index contributed by atoms with van der Waals surface area (Å²) in [4.78, 5) is 2.15. The van der Waals surface area contributed by atoms with Crippen LogP contribution in [-0.4, -0.2) is 59.9 Å². The van der Waals surface area contributed by atoms with Gasteiger partial charge in [0, 0.05) is 20.2 Å². The van der Waals surface area contributed by atoms with Crippen molar-refractivity contribution in [2.24, 2.45) is 0 Å². The van der Waals surface area contributed by atoms with Gasteiger partial charge in [-0.25, -0.2) is 0 Å². The molecule has 0 spiro atoms. The van der Waals surface area contributed by atoms with E-state index in [9.17, 15) is 10.2 Å². The fourth-order valence-corrected chi connectivity index (χ4v) is 4.79. The second-order valence-corrected chi connectivity index (χ2v) is 6.74. The predicted octanol–water partition coefficient (Wildman–Crippen LogP) is 0.157. The van der Waals surface area contributed by atoms with Crippen molar-refractivity contribution >= 4 is 0 Å². The Balaban J connectivity index is 1.74. The molecule has 23 heavy (non-hydrogen) atoms. The lowest BCUT2D eigenvalue weighted by molar-refractivity contribution is -0.0533. The van der Waals surface area contributed by atoms with Crippen LogP contribution in [0.3, 0.4) is 0 Å². The molecular weight excluding hydrogens is 298 g/mol. The number of ether oxygens (including phenoxy) is 3. The molecule has 4 aliphatic rings. The first-order valence-corrected chi connectivity index (χ1v) is 7.90. The highest BCUT2D eigenvalue weighted by Crippen LogP contribution is 2.53. The molecule has 3 aliphatic heterocycles. The van der Waals surface area contributed by atoms with Gasteiger partial charge in [0.15, 0.2) is 11.5 Å². The maximum atomic E-state index is 10.8. The highest BCUT2D eigenvalue weighted by Gasteiger charge is 2.61. The number of nitrogens with zero attached hydrogens (tertiary/aromatic N) is 1. The second kappa shape index (κ2) is 4.48. The first-order chi connectivity index (χ1) is 11.1. The van der Waals surface area contributed by atoms with Crippen molar-refractivity contribution in [2.75, 3.05) is 20.4 Å². The van der Waals surface area contributed by atoms with Crippen LogP contribution in [0.4, 0.5) is 0 Å². The number of aliphatic hydroxyl groups excluding tert-OH is 2. The molecule has 122 valence electrons. The van der Waals surface area contributed by atoms with Crippen molar-refractivity contribution in [2.45, 2.75) is 36.3 Å². The van der Waals surface area contributed by atoms with E-state index >= 15 is 0 Å². The van der Waals surface area contributed by atoms with Gasteiger partial charge in [0.1, 0.15) is 12.2 Å². The van der Waals surface area contributed by atoms with Gasteiger partial charge < -0.3 is 24.4 Å². The van der Waals surface area contributed by atoms with Gasteiger partial charge in [-0.15, -0.1) is 0 Å². The summed E-state index contributed by atoms with van der Waals surface area (Å²) >= 11 is 0. The zero-order valence-electron chi connectivity index (χ0n) is 12.8. The number of hydrogen-bond acceptors (Lipinski definition) is 6. The highest BCUT2D eigenvalue weighted by atomic mass is 16.7. The Bertz CT molecular complexity index is 704. The molecule has 1 unspecified atom stereocenters. The Morgan fingerprint density at radius 3 is 2.83 bits per heavy atom. The summed E-state index contributed by atoms with van der Waals surface area (Å²) in [5.74, 6) is 1.46. The molecule has 6 heteroatoms. The molecule has 0 radical (unpaired) electrons. The van der Waals surface area contributed by atoms with Gasteiger partial charge in [0.05, 0.1) is 17.6 Å². The van der Waals surface area contributed by atoms with Crippen molar-refractivity contribution in [3.63, 3.8) is 0 Å². The molecule has 1 fully saturated rings. The summed E-state index contributed by atoms with van der Waals surface area (Å²) in [6, 6.07) is 3.78. The van der Waals surface area contributed by atoms with E-state index in [1.165, 1.54) is 0 Å². The molecule has 2 bridgehead atoms. The number of aliphatic hydroxyl groups is 2. The van der Waals surface area contributed by atoms with Gasteiger partial charge in [-0.3, -0.25) is 4.90 Å². The predicted molar refractivity (Wildman–Crippen MR) is 80.4 cm³/mol. The summed E-state index contributed by atoms with van der Waals surface area (Å²) < 4.78 is 16.4. The fraction of sp³-hybridized carbons (Fsp3) is 0.529. The number of hydrogen-bond donors (Lipinski definition) is 2. The molecule has 3 heterocycles. The summed E-state index contributed by atoms with van der Waals surface area (Å²) in [6.45, 7) is 1.44. The van der Waals surface area contributed by atoms with E-state index in [4.69, 9.17) is 14.2 Å². The second-order valence-electron chi connectivity index (χ2n) is 6.74. The number of rotatable bonds is 1. The first kappa shape index (κ1) is 13.8. The van der Waals surface area contributed by atoms with Crippen LogP contribution in [0.5, 0.6) is 11.5 Å². The summed E-state index contributed by atoms with van der Waals surface area (Å²) in [5, 5.41) is 21.6. The molecule has 1 aliphatic carbocycles. The topological polar surface area (TPSA) is 71.4 Å². The van der Waals surface area contributed by atoms with E-state index in [2.05, 4.69) is 4.90 Å². The van der Waals surface area contributed by atoms with Crippen LogP contribution in [0.15, 0.2) is 24.3 Å². The summed E-state index contributed by atoms with van der Waals surface area (Å²) in [5.41, 5.74) is 1.52. The summed E-state index contributed by atoms with van der Waals surface area (Å²) in [7, 11) is 1.60. The number of fused-ring (bicyclic) bond motifs is 2. The molecule has 1 aromatic carbocycles. The van der Waals surface area contributed by atoms with Crippen LogP contribution in [0, 0.1) is 0 Å². The zero-order valence-corrected chi connectivity index (χ0v) is 12.8. The fourth-order valence-electron chi connectivity index (χ4n) is 4.79. The van der Waals surface area contributed by atoms with Crippen LogP contribution < -0.4 is 9.47 Å². The zero-order chi connectivity index (χ0) is 15.8. The minimum absolute atomic E-state index is 0.194. The third-order valence-corrected chi connectivity index (χ3v) is 5.77. The Hall–Kier alpha value is -1.60. The minimum atomic E-state index is -0.680. The van der Waals surface area contributed by atoms with E-state index in [1.807, 2.05) is 24.3 Å². The van der Waals surface area contributed by atoms with E-state index < -0.39 is 17.6 Å².